The van der Waals surface area contributed by atoms with Crippen molar-refractivity contribution in [2.75, 3.05) is 38.0 Å². The minimum Gasteiger partial charge on any atom is -0.493 e. The SMILES string of the molecule is COc1ccc(CCNC(=O)CSc2nccc(N3CCc4ccccc4C3)n2)cc1OC. The topological polar surface area (TPSA) is 76.6 Å². The molecule has 1 aliphatic rings. The highest BCUT2D eigenvalue weighted by molar-refractivity contribution is 7.99. The molecule has 33 heavy (non-hydrogen) atoms. The van der Waals surface area contributed by atoms with Gasteiger partial charge in [-0.1, -0.05) is 42.1 Å². The summed E-state index contributed by atoms with van der Waals surface area (Å²) in [5.41, 5.74) is 3.81. The highest BCUT2D eigenvalue weighted by Crippen LogP contribution is 2.27. The van der Waals surface area contributed by atoms with Gasteiger partial charge >= 0.3 is 0 Å². The Morgan fingerprint density at radius 1 is 1.09 bits per heavy atom. The van der Waals surface area contributed by atoms with Crippen LogP contribution < -0.4 is 19.7 Å². The number of benzene rings is 2. The monoisotopic (exact) mass is 464 g/mol. The number of hydrogen-bond acceptors (Lipinski definition) is 7. The summed E-state index contributed by atoms with van der Waals surface area (Å²) in [7, 11) is 3.22. The molecule has 1 aromatic heterocycles. The number of aromatic nitrogens is 2. The molecule has 7 nitrogen and oxygen atoms in total. The van der Waals surface area contributed by atoms with Crippen LogP contribution in [0.3, 0.4) is 0 Å². The van der Waals surface area contributed by atoms with Gasteiger partial charge in [-0.15, -0.1) is 0 Å². The second-order valence-electron chi connectivity index (χ2n) is 7.72. The van der Waals surface area contributed by atoms with Crippen LogP contribution in [0.25, 0.3) is 0 Å². The minimum absolute atomic E-state index is 0.0404. The van der Waals surface area contributed by atoms with Crippen molar-refractivity contribution < 1.29 is 14.3 Å². The summed E-state index contributed by atoms with van der Waals surface area (Å²) in [5, 5.41) is 3.57. The Hall–Kier alpha value is -3.26. The van der Waals surface area contributed by atoms with Crippen LogP contribution in [0.4, 0.5) is 5.82 Å². The molecule has 0 saturated carbocycles. The normalized spacial score (nSPS) is 12.7. The summed E-state index contributed by atoms with van der Waals surface area (Å²) >= 11 is 1.35. The molecule has 0 bridgehead atoms. The molecule has 2 aromatic carbocycles. The number of hydrogen-bond donors (Lipinski definition) is 1. The van der Waals surface area contributed by atoms with E-state index in [0.717, 1.165) is 30.9 Å². The first-order chi connectivity index (χ1) is 16.2. The van der Waals surface area contributed by atoms with Crippen molar-refractivity contribution in [1.82, 2.24) is 15.3 Å². The molecular weight excluding hydrogens is 436 g/mol. The third-order valence-electron chi connectivity index (χ3n) is 5.59. The van der Waals surface area contributed by atoms with E-state index in [1.165, 1.54) is 22.9 Å². The lowest BCUT2D eigenvalue weighted by atomic mass is 10.00. The van der Waals surface area contributed by atoms with Gasteiger partial charge in [0.25, 0.3) is 0 Å². The molecule has 1 N–H and O–H groups in total. The van der Waals surface area contributed by atoms with Crippen molar-refractivity contribution >= 4 is 23.5 Å². The number of methoxy groups -OCH3 is 2. The van der Waals surface area contributed by atoms with Gasteiger partial charge in [-0.25, -0.2) is 9.97 Å². The molecule has 4 rings (SSSR count). The number of fused-ring (bicyclic) bond motifs is 1. The van der Waals surface area contributed by atoms with E-state index in [1.54, 1.807) is 20.4 Å². The Morgan fingerprint density at radius 3 is 2.73 bits per heavy atom. The second-order valence-corrected chi connectivity index (χ2v) is 8.66. The van der Waals surface area contributed by atoms with Crippen LogP contribution >= 0.6 is 11.8 Å². The Labute approximate surface area is 198 Å². The van der Waals surface area contributed by atoms with E-state index in [0.29, 0.717) is 29.6 Å². The van der Waals surface area contributed by atoms with Crippen molar-refractivity contribution in [2.24, 2.45) is 0 Å². The molecule has 0 spiro atoms. The highest BCUT2D eigenvalue weighted by atomic mass is 32.2. The third kappa shape index (κ3) is 5.96. The van der Waals surface area contributed by atoms with Gasteiger partial charge in [0.1, 0.15) is 5.82 Å². The average molecular weight is 465 g/mol. The molecule has 1 aliphatic heterocycles. The van der Waals surface area contributed by atoms with E-state index in [1.807, 2.05) is 24.3 Å². The van der Waals surface area contributed by atoms with Crippen LogP contribution in [0.2, 0.25) is 0 Å². The fourth-order valence-electron chi connectivity index (χ4n) is 3.83. The summed E-state index contributed by atoms with van der Waals surface area (Å²) in [5.74, 6) is 2.51. The quantitative estimate of drug-likeness (QED) is 0.384. The van der Waals surface area contributed by atoms with E-state index in [-0.39, 0.29) is 11.7 Å². The van der Waals surface area contributed by atoms with Gasteiger partial charge < -0.3 is 19.7 Å². The first-order valence-corrected chi connectivity index (χ1v) is 11.9. The number of thioether (sulfide) groups is 1. The zero-order valence-electron chi connectivity index (χ0n) is 18.9. The number of amides is 1. The third-order valence-corrected chi connectivity index (χ3v) is 6.45. The summed E-state index contributed by atoms with van der Waals surface area (Å²) in [6, 6.07) is 16.2. The summed E-state index contributed by atoms with van der Waals surface area (Å²) in [4.78, 5) is 23.6. The Morgan fingerprint density at radius 2 is 1.91 bits per heavy atom. The fraction of sp³-hybridized carbons (Fsp3) is 0.320. The van der Waals surface area contributed by atoms with Crippen molar-refractivity contribution in [3.8, 4) is 11.5 Å². The molecule has 172 valence electrons. The molecule has 0 saturated heterocycles. The maximum Gasteiger partial charge on any atom is 0.230 e. The van der Waals surface area contributed by atoms with Crippen LogP contribution in [0.5, 0.6) is 11.5 Å². The lowest BCUT2D eigenvalue weighted by Crippen LogP contribution is -2.31. The van der Waals surface area contributed by atoms with Gasteiger partial charge in [0.05, 0.1) is 20.0 Å². The average Bonchev–Trinajstić information content (AvgIpc) is 2.87. The van der Waals surface area contributed by atoms with Crippen LogP contribution in [0.15, 0.2) is 59.9 Å². The Bertz CT molecular complexity index is 1110. The molecule has 0 radical (unpaired) electrons. The van der Waals surface area contributed by atoms with Crippen LogP contribution in [0.1, 0.15) is 16.7 Å². The van der Waals surface area contributed by atoms with Gasteiger partial charge in [-0.05, 0) is 47.7 Å². The maximum atomic E-state index is 12.3. The summed E-state index contributed by atoms with van der Waals surface area (Å²) in [6.45, 7) is 2.31. The van der Waals surface area contributed by atoms with E-state index < -0.39 is 0 Å². The van der Waals surface area contributed by atoms with E-state index >= 15 is 0 Å². The zero-order valence-corrected chi connectivity index (χ0v) is 19.7. The molecule has 2 heterocycles. The van der Waals surface area contributed by atoms with Gasteiger partial charge in [-0.2, -0.15) is 0 Å². The minimum atomic E-state index is -0.0404. The first-order valence-electron chi connectivity index (χ1n) is 10.9. The van der Waals surface area contributed by atoms with Gasteiger partial charge in [0, 0.05) is 25.8 Å². The predicted octanol–water partition coefficient (Wildman–Crippen LogP) is 3.51. The molecule has 0 aliphatic carbocycles. The number of nitrogens with one attached hydrogen (secondary N) is 1. The predicted molar refractivity (Wildman–Crippen MR) is 130 cm³/mol. The number of anilines is 1. The van der Waals surface area contributed by atoms with Crippen LogP contribution in [0, 0.1) is 0 Å². The number of carbonyl (C=O) groups is 1. The lowest BCUT2D eigenvalue weighted by molar-refractivity contribution is -0.118. The van der Waals surface area contributed by atoms with Crippen molar-refractivity contribution in [3.05, 3.63) is 71.4 Å². The molecule has 0 atom stereocenters. The lowest BCUT2D eigenvalue weighted by Gasteiger charge is -2.29. The number of rotatable bonds is 9. The maximum absolute atomic E-state index is 12.3. The second kappa shape index (κ2) is 11.0. The molecule has 0 unspecified atom stereocenters. The first kappa shape index (κ1) is 22.9. The van der Waals surface area contributed by atoms with Crippen molar-refractivity contribution in [2.45, 2.75) is 24.5 Å². The Balaban J connectivity index is 1.25. The Kier molecular flexibility index (Phi) is 7.67. The largest absolute Gasteiger partial charge is 0.493 e. The molecule has 8 heteroatoms. The number of carbonyl (C=O) groups excluding carboxylic acids is 1. The van der Waals surface area contributed by atoms with E-state index in [2.05, 4.69) is 44.5 Å². The fourth-order valence-corrected chi connectivity index (χ4v) is 4.49. The smallest absolute Gasteiger partial charge is 0.230 e. The van der Waals surface area contributed by atoms with Crippen LogP contribution in [-0.4, -0.2) is 48.9 Å². The molecule has 3 aromatic rings. The highest BCUT2D eigenvalue weighted by Gasteiger charge is 2.17. The van der Waals surface area contributed by atoms with Gasteiger partial charge in [0.15, 0.2) is 16.7 Å². The summed E-state index contributed by atoms with van der Waals surface area (Å²) < 4.78 is 10.6. The van der Waals surface area contributed by atoms with E-state index in [4.69, 9.17) is 9.47 Å². The van der Waals surface area contributed by atoms with Crippen molar-refractivity contribution in [3.63, 3.8) is 0 Å². The van der Waals surface area contributed by atoms with Gasteiger partial charge in [-0.3, -0.25) is 4.79 Å². The molecule has 1 amide bonds. The molecular formula is C25H28N4O3S. The van der Waals surface area contributed by atoms with Crippen LogP contribution in [-0.2, 0) is 24.2 Å². The van der Waals surface area contributed by atoms with E-state index in [9.17, 15) is 4.79 Å². The molecule has 0 fully saturated rings. The summed E-state index contributed by atoms with van der Waals surface area (Å²) in [6.07, 6.45) is 3.48. The number of ether oxygens (including phenoxy) is 2. The van der Waals surface area contributed by atoms with Crippen molar-refractivity contribution in [1.29, 1.82) is 0 Å². The zero-order chi connectivity index (χ0) is 23.0. The van der Waals surface area contributed by atoms with Gasteiger partial charge in [0.2, 0.25) is 5.91 Å². The number of nitrogens with zero attached hydrogens (tertiary/aromatic N) is 3. The standard InChI is InChI=1S/C25H28N4O3S/c1-31-21-8-7-18(15-22(21)32-2)9-12-26-24(30)17-33-25-27-13-10-23(28-25)29-14-11-19-5-3-4-6-20(19)16-29/h3-8,10,13,15H,9,11-12,14,16-17H2,1-2H3,(H,26,30).